The molecule has 0 saturated carbocycles. The molecule has 5 nitrogen and oxygen atoms in total. The lowest BCUT2D eigenvalue weighted by Gasteiger charge is -2.03. The Morgan fingerprint density at radius 1 is 1.64 bits per heavy atom. The number of pyridine rings is 1. The van der Waals surface area contributed by atoms with Gasteiger partial charge in [0.2, 0.25) is 0 Å². The van der Waals surface area contributed by atoms with Gasteiger partial charge in [-0.2, -0.15) is 4.73 Å². The summed E-state index contributed by atoms with van der Waals surface area (Å²) in [6, 6.07) is 4.04. The summed E-state index contributed by atoms with van der Waals surface area (Å²) in [7, 11) is 0. The van der Waals surface area contributed by atoms with Crippen molar-refractivity contribution in [3.05, 3.63) is 29.9 Å². The molecule has 0 aliphatic rings. The van der Waals surface area contributed by atoms with Gasteiger partial charge in [-0.05, 0) is 18.6 Å². The minimum atomic E-state index is -0.989. The Bertz CT molecular complexity index is 384. The molecule has 0 bridgehead atoms. The van der Waals surface area contributed by atoms with Gasteiger partial charge in [0.05, 0.1) is 0 Å². The molecule has 0 radical (unpaired) electrons. The van der Waals surface area contributed by atoms with E-state index in [1.54, 1.807) is 25.1 Å². The van der Waals surface area contributed by atoms with E-state index < -0.39 is 12.0 Å². The topological polar surface area (TPSA) is 74.8 Å². The quantitative estimate of drug-likeness (QED) is 0.691. The van der Waals surface area contributed by atoms with Crippen LogP contribution in [0.25, 0.3) is 0 Å². The van der Waals surface area contributed by atoms with Crippen LogP contribution in [0.3, 0.4) is 0 Å². The molecule has 0 amide bonds. The van der Waals surface area contributed by atoms with Crippen LogP contribution in [0, 0.1) is 0 Å². The van der Waals surface area contributed by atoms with E-state index >= 15 is 0 Å². The predicted octanol–water partition coefficient (Wildman–Crippen LogP) is 0.489. The zero-order valence-electron chi connectivity index (χ0n) is 7.79. The molecule has 0 fully saturated rings. The van der Waals surface area contributed by atoms with Crippen LogP contribution in [0.4, 0.5) is 0 Å². The van der Waals surface area contributed by atoms with E-state index in [-0.39, 0.29) is 5.49 Å². The van der Waals surface area contributed by atoms with Gasteiger partial charge in [-0.25, -0.2) is 4.79 Å². The van der Waals surface area contributed by atoms with Crippen molar-refractivity contribution in [3.8, 4) is 0 Å². The normalized spacial score (nSPS) is 13.9. The van der Waals surface area contributed by atoms with Gasteiger partial charge in [0, 0.05) is 6.20 Å². The van der Waals surface area contributed by atoms with Gasteiger partial charge in [-0.15, -0.1) is 0 Å². The maximum atomic E-state index is 10.7. The molecule has 5 heteroatoms. The summed E-state index contributed by atoms with van der Waals surface area (Å²) in [4.78, 5) is 14.6. The van der Waals surface area contributed by atoms with E-state index in [1.807, 2.05) is 0 Å². The molecule has 0 saturated heterocycles. The minimum absolute atomic E-state index is 0.238. The first-order chi connectivity index (χ1) is 6.65. The third-order valence-electron chi connectivity index (χ3n) is 1.78. The van der Waals surface area contributed by atoms with Crippen molar-refractivity contribution in [2.75, 3.05) is 0 Å². The lowest BCUT2D eigenvalue weighted by atomic mass is 10.2. The second kappa shape index (κ2) is 4.45. The highest BCUT2D eigenvalue weighted by Gasteiger charge is 2.12. The summed E-state index contributed by atoms with van der Waals surface area (Å²) < 4.78 is 0.797. The van der Waals surface area contributed by atoms with Crippen LogP contribution in [-0.4, -0.2) is 27.1 Å². The average molecular weight is 196 g/mol. The Balaban J connectivity index is 3.08. The van der Waals surface area contributed by atoms with Gasteiger partial charge in [0.1, 0.15) is 6.04 Å². The maximum absolute atomic E-state index is 10.7. The molecular formula is C9H12N2O3. The zero-order valence-corrected chi connectivity index (χ0v) is 7.79. The highest BCUT2D eigenvalue weighted by Crippen LogP contribution is 1.95. The number of aromatic nitrogens is 1. The number of carbonyl (C=O) groups is 1. The Labute approximate surface area is 80.9 Å². The SMILES string of the molecule is CCC(N=c1ccccn1O)C(=O)O. The summed E-state index contributed by atoms with van der Waals surface area (Å²) in [5, 5.41) is 18.0. The van der Waals surface area contributed by atoms with E-state index in [9.17, 15) is 10.0 Å². The Hall–Kier alpha value is -1.78. The molecule has 0 aromatic carbocycles. The molecular weight excluding hydrogens is 184 g/mol. The van der Waals surface area contributed by atoms with Crippen LogP contribution < -0.4 is 5.49 Å². The number of nitrogens with zero attached hydrogens (tertiary/aromatic N) is 2. The zero-order chi connectivity index (χ0) is 10.6. The van der Waals surface area contributed by atoms with E-state index in [4.69, 9.17) is 5.11 Å². The second-order valence-electron chi connectivity index (χ2n) is 2.79. The highest BCUT2D eigenvalue weighted by molar-refractivity contribution is 5.73. The average Bonchev–Trinajstić information content (AvgIpc) is 2.16. The van der Waals surface area contributed by atoms with Crippen molar-refractivity contribution in [2.45, 2.75) is 19.4 Å². The van der Waals surface area contributed by atoms with Crippen molar-refractivity contribution in [2.24, 2.45) is 4.99 Å². The molecule has 1 aromatic rings. The fourth-order valence-electron chi connectivity index (χ4n) is 1.01. The highest BCUT2D eigenvalue weighted by atomic mass is 16.5. The monoisotopic (exact) mass is 196 g/mol. The molecule has 1 unspecified atom stereocenters. The number of carboxylic acids is 1. The molecule has 14 heavy (non-hydrogen) atoms. The summed E-state index contributed by atoms with van der Waals surface area (Å²) in [6.45, 7) is 1.73. The van der Waals surface area contributed by atoms with Crippen LogP contribution in [0.1, 0.15) is 13.3 Å². The summed E-state index contributed by atoms with van der Waals surface area (Å²) in [6.07, 6.45) is 1.79. The van der Waals surface area contributed by atoms with Gasteiger partial charge in [-0.1, -0.05) is 13.0 Å². The first-order valence-corrected chi connectivity index (χ1v) is 4.28. The molecule has 2 N–H and O–H groups in total. The lowest BCUT2D eigenvalue weighted by Crippen LogP contribution is -2.25. The standard InChI is InChI=1S/C9H12N2O3/c1-2-7(9(12)13)10-8-5-3-4-6-11(8)14/h3-7,14H,2H2,1H3,(H,12,13). The first-order valence-electron chi connectivity index (χ1n) is 4.28. The smallest absolute Gasteiger partial charge is 0.328 e. The molecule has 1 heterocycles. The van der Waals surface area contributed by atoms with Gasteiger partial charge < -0.3 is 10.3 Å². The van der Waals surface area contributed by atoms with Gasteiger partial charge in [-0.3, -0.25) is 4.99 Å². The fraction of sp³-hybridized carbons (Fsp3) is 0.333. The van der Waals surface area contributed by atoms with Crippen LogP contribution in [0.5, 0.6) is 0 Å². The molecule has 76 valence electrons. The Morgan fingerprint density at radius 2 is 2.36 bits per heavy atom. The third-order valence-corrected chi connectivity index (χ3v) is 1.78. The number of rotatable bonds is 3. The summed E-state index contributed by atoms with van der Waals surface area (Å²) >= 11 is 0. The van der Waals surface area contributed by atoms with Crippen LogP contribution in [0.15, 0.2) is 29.4 Å². The summed E-state index contributed by atoms with van der Waals surface area (Å²) in [5.74, 6) is -0.989. The van der Waals surface area contributed by atoms with E-state index in [0.29, 0.717) is 6.42 Å². The molecule has 1 aromatic heterocycles. The molecule has 0 aliphatic heterocycles. The van der Waals surface area contributed by atoms with Crippen LogP contribution in [-0.2, 0) is 4.79 Å². The largest absolute Gasteiger partial charge is 0.480 e. The lowest BCUT2D eigenvalue weighted by molar-refractivity contribution is -0.138. The fourth-order valence-corrected chi connectivity index (χ4v) is 1.01. The van der Waals surface area contributed by atoms with Crippen LogP contribution >= 0.6 is 0 Å². The first kappa shape index (κ1) is 10.3. The van der Waals surface area contributed by atoms with Crippen molar-refractivity contribution in [3.63, 3.8) is 0 Å². The van der Waals surface area contributed by atoms with E-state index in [0.717, 1.165) is 4.73 Å². The van der Waals surface area contributed by atoms with Gasteiger partial charge in [0.15, 0.2) is 5.49 Å². The van der Waals surface area contributed by atoms with Gasteiger partial charge >= 0.3 is 5.97 Å². The van der Waals surface area contributed by atoms with E-state index in [1.165, 1.54) is 6.20 Å². The Kier molecular flexibility index (Phi) is 3.28. The molecule has 1 atom stereocenters. The van der Waals surface area contributed by atoms with Gasteiger partial charge in [0.25, 0.3) is 0 Å². The van der Waals surface area contributed by atoms with Crippen molar-refractivity contribution >= 4 is 5.97 Å². The Morgan fingerprint density at radius 3 is 2.86 bits per heavy atom. The minimum Gasteiger partial charge on any atom is -0.480 e. The number of carboxylic acid groups (broad SMARTS) is 1. The summed E-state index contributed by atoms with van der Waals surface area (Å²) in [5.41, 5.74) is 0.238. The van der Waals surface area contributed by atoms with Crippen molar-refractivity contribution < 1.29 is 15.1 Å². The van der Waals surface area contributed by atoms with Crippen molar-refractivity contribution in [1.82, 2.24) is 4.73 Å². The number of hydrogen-bond donors (Lipinski definition) is 2. The van der Waals surface area contributed by atoms with Crippen molar-refractivity contribution in [1.29, 1.82) is 0 Å². The maximum Gasteiger partial charge on any atom is 0.328 e. The third kappa shape index (κ3) is 2.35. The number of hydrogen-bond acceptors (Lipinski definition) is 3. The molecule has 1 rings (SSSR count). The second-order valence-corrected chi connectivity index (χ2v) is 2.79. The van der Waals surface area contributed by atoms with E-state index in [2.05, 4.69) is 4.99 Å². The molecule has 0 aliphatic carbocycles. The number of aliphatic carboxylic acids is 1. The van der Waals surface area contributed by atoms with Crippen LogP contribution in [0.2, 0.25) is 0 Å². The predicted molar refractivity (Wildman–Crippen MR) is 48.9 cm³/mol. The molecule has 0 spiro atoms.